The molecule has 0 spiro atoms. The molecule has 1 aliphatic rings. The van der Waals surface area contributed by atoms with E-state index in [1.807, 2.05) is 0 Å². The average Bonchev–Trinajstić information content (AvgIpc) is 3.22. The van der Waals surface area contributed by atoms with E-state index in [0.29, 0.717) is 10.8 Å². The molecule has 2 aromatic rings. The Morgan fingerprint density at radius 3 is 3.00 bits per heavy atom. The predicted octanol–water partition coefficient (Wildman–Crippen LogP) is 3.66. The van der Waals surface area contributed by atoms with Crippen LogP contribution in [0.1, 0.15) is 31.2 Å². The molecule has 1 aromatic carbocycles. The second kappa shape index (κ2) is 8.09. The molecule has 6 nitrogen and oxygen atoms in total. The van der Waals surface area contributed by atoms with Gasteiger partial charge in [0.1, 0.15) is 10.8 Å². The van der Waals surface area contributed by atoms with Crippen LogP contribution in [-0.2, 0) is 16.0 Å². The smallest absolute Gasteiger partial charge is 0.231 e. The van der Waals surface area contributed by atoms with E-state index >= 15 is 0 Å². The highest BCUT2D eigenvalue weighted by Crippen LogP contribution is 2.29. The van der Waals surface area contributed by atoms with E-state index in [-0.39, 0.29) is 29.8 Å². The van der Waals surface area contributed by atoms with Crippen LogP contribution in [-0.4, -0.2) is 28.6 Å². The molecule has 1 fully saturated rings. The quantitative estimate of drug-likeness (QED) is 0.808. The lowest BCUT2D eigenvalue weighted by atomic mass is 10.1. The van der Waals surface area contributed by atoms with Crippen molar-refractivity contribution in [3.8, 4) is 0 Å². The van der Waals surface area contributed by atoms with Gasteiger partial charge in [0.2, 0.25) is 16.9 Å². The van der Waals surface area contributed by atoms with E-state index < -0.39 is 11.7 Å². The van der Waals surface area contributed by atoms with Crippen LogP contribution < -0.4 is 10.2 Å². The van der Waals surface area contributed by atoms with Crippen LogP contribution in [0.3, 0.4) is 0 Å². The van der Waals surface area contributed by atoms with Gasteiger partial charge in [-0.1, -0.05) is 36.3 Å². The maximum absolute atomic E-state index is 13.3. The molecule has 0 bridgehead atoms. The number of aromatic nitrogens is 2. The minimum absolute atomic E-state index is 0.0586. The van der Waals surface area contributed by atoms with Gasteiger partial charge in [0.25, 0.3) is 0 Å². The lowest BCUT2D eigenvalue weighted by molar-refractivity contribution is -0.122. The monoisotopic (exact) mass is 396 g/mol. The summed E-state index contributed by atoms with van der Waals surface area (Å²) in [7, 11) is 0. The fourth-order valence-corrected chi connectivity index (χ4v) is 3.69. The number of amides is 2. The number of carbonyl (C=O) groups excluding carboxylic acids is 2. The summed E-state index contributed by atoms with van der Waals surface area (Å²) in [6.07, 6.45) is 3.01. The van der Waals surface area contributed by atoms with Crippen molar-refractivity contribution in [3.63, 3.8) is 0 Å². The molecule has 2 amide bonds. The third kappa shape index (κ3) is 4.19. The Morgan fingerprint density at radius 2 is 2.27 bits per heavy atom. The van der Waals surface area contributed by atoms with Crippen LogP contribution in [0.15, 0.2) is 18.2 Å². The highest BCUT2D eigenvalue weighted by molar-refractivity contribution is 7.15. The van der Waals surface area contributed by atoms with Crippen LogP contribution in [0.4, 0.5) is 15.2 Å². The number of carbonyl (C=O) groups is 2. The SMILES string of the molecule is CCCCc1nnc(NC(=O)C2CC(=O)N(c3ccc(F)c(Cl)c3)C2)s1. The number of nitrogens with one attached hydrogen (secondary N) is 1. The van der Waals surface area contributed by atoms with Crippen molar-refractivity contribution in [2.24, 2.45) is 5.92 Å². The number of halogens is 2. The highest BCUT2D eigenvalue weighted by atomic mass is 35.5. The van der Waals surface area contributed by atoms with E-state index in [9.17, 15) is 14.0 Å². The molecule has 0 aliphatic carbocycles. The van der Waals surface area contributed by atoms with Gasteiger partial charge in [-0.15, -0.1) is 10.2 Å². The molecule has 0 saturated carbocycles. The van der Waals surface area contributed by atoms with E-state index in [4.69, 9.17) is 11.6 Å². The van der Waals surface area contributed by atoms with Crippen LogP contribution in [0.2, 0.25) is 5.02 Å². The Hall–Kier alpha value is -2.06. The first-order valence-electron chi connectivity index (χ1n) is 8.36. The number of benzene rings is 1. The van der Waals surface area contributed by atoms with Gasteiger partial charge < -0.3 is 10.2 Å². The molecule has 2 heterocycles. The number of anilines is 2. The Morgan fingerprint density at radius 1 is 1.46 bits per heavy atom. The number of hydrogen-bond acceptors (Lipinski definition) is 5. The first-order chi connectivity index (χ1) is 12.5. The Labute approximate surface area is 159 Å². The molecule has 1 atom stereocenters. The van der Waals surface area contributed by atoms with Crippen molar-refractivity contribution in [2.75, 3.05) is 16.8 Å². The minimum Gasteiger partial charge on any atom is -0.312 e. The summed E-state index contributed by atoms with van der Waals surface area (Å²) < 4.78 is 13.3. The number of nitrogens with zero attached hydrogens (tertiary/aromatic N) is 3. The maximum atomic E-state index is 13.3. The predicted molar refractivity (Wildman–Crippen MR) is 99.0 cm³/mol. The first-order valence-corrected chi connectivity index (χ1v) is 9.56. The fraction of sp³-hybridized carbons (Fsp3) is 0.412. The largest absolute Gasteiger partial charge is 0.312 e. The Bertz CT molecular complexity index is 829. The zero-order chi connectivity index (χ0) is 18.7. The summed E-state index contributed by atoms with van der Waals surface area (Å²) in [6, 6.07) is 4.07. The molecule has 1 unspecified atom stereocenters. The lowest BCUT2D eigenvalue weighted by Gasteiger charge is -2.17. The standard InChI is InChI=1S/C17H18ClFN4O2S/c1-2-3-4-14-21-22-17(26-14)20-16(25)10-7-15(24)23(9-10)11-5-6-13(19)12(18)8-11/h5-6,8,10H,2-4,7,9H2,1H3,(H,20,22,25). The zero-order valence-electron chi connectivity index (χ0n) is 14.2. The summed E-state index contributed by atoms with van der Waals surface area (Å²) in [6.45, 7) is 2.31. The van der Waals surface area contributed by atoms with Crippen LogP contribution in [0.5, 0.6) is 0 Å². The van der Waals surface area contributed by atoms with Crippen LogP contribution in [0, 0.1) is 11.7 Å². The Kier molecular flexibility index (Phi) is 5.83. The van der Waals surface area contributed by atoms with Gasteiger partial charge in [-0.05, 0) is 24.6 Å². The second-order valence-electron chi connectivity index (χ2n) is 6.10. The number of hydrogen-bond donors (Lipinski definition) is 1. The number of aryl methyl sites for hydroxylation is 1. The van der Waals surface area contributed by atoms with Gasteiger partial charge in [0.05, 0.1) is 10.9 Å². The molecule has 1 aliphatic heterocycles. The number of unbranched alkanes of at least 4 members (excludes halogenated alkanes) is 1. The summed E-state index contributed by atoms with van der Waals surface area (Å²) in [5, 5.41) is 12.0. The topological polar surface area (TPSA) is 75.2 Å². The normalized spacial score (nSPS) is 17.0. The zero-order valence-corrected chi connectivity index (χ0v) is 15.7. The van der Waals surface area contributed by atoms with Gasteiger partial charge >= 0.3 is 0 Å². The molecule has 0 radical (unpaired) electrons. The summed E-state index contributed by atoms with van der Waals surface area (Å²) in [5.41, 5.74) is 0.481. The third-order valence-corrected chi connectivity index (χ3v) is 5.34. The summed E-state index contributed by atoms with van der Waals surface area (Å²) >= 11 is 7.13. The van der Waals surface area contributed by atoms with Gasteiger partial charge in [-0.25, -0.2) is 4.39 Å². The molecular formula is C17H18ClFN4O2S. The molecular weight excluding hydrogens is 379 g/mol. The van der Waals surface area contributed by atoms with Gasteiger partial charge in [0, 0.05) is 25.1 Å². The van der Waals surface area contributed by atoms with Crippen molar-refractivity contribution in [2.45, 2.75) is 32.6 Å². The minimum atomic E-state index is -0.550. The van der Waals surface area contributed by atoms with Gasteiger partial charge in [0.15, 0.2) is 0 Å². The van der Waals surface area contributed by atoms with Crippen molar-refractivity contribution >= 4 is 45.6 Å². The summed E-state index contributed by atoms with van der Waals surface area (Å²) in [5.74, 6) is -1.53. The molecule has 1 saturated heterocycles. The van der Waals surface area contributed by atoms with Gasteiger partial charge in [-0.2, -0.15) is 0 Å². The highest BCUT2D eigenvalue weighted by Gasteiger charge is 2.35. The number of rotatable bonds is 6. The molecule has 26 heavy (non-hydrogen) atoms. The van der Waals surface area contributed by atoms with Crippen molar-refractivity contribution in [1.82, 2.24) is 10.2 Å². The second-order valence-corrected chi connectivity index (χ2v) is 7.57. The Balaban J connectivity index is 1.63. The molecule has 3 rings (SSSR count). The third-order valence-electron chi connectivity index (χ3n) is 4.15. The first kappa shape index (κ1) is 18.7. The maximum Gasteiger partial charge on any atom is 0.231 e. The van der Waals surface area contributed by atoms with E-state index in [0.717, 1.165) is 24.3 Å². The van der Waals surface area contributed by atoms with Crippen molar-refractivity contribution < 1.29 is 14.0 Å². The van der Waals surface area contributed by atoms with E-state index in [2.05, 4.69) is 22.4 Å². The summed E-state index contributed by atoms with van der Waals surface area (Å²) in [4.78, 5) is 26.1. The van der Waals surface area contributed by atoms with E-state index in [1.54, 1.807) is 0 Å². The molecule has 9 heteroatoms. The molecule has 1 aromatic heterocycles. The van der Waals surface area contributed by atoms with E-state index in [1.165, 1.54) is 34.4 Å². The lowest BCUT2D eigenvalue weighted by Crippen LogP contribution is -2.28. The van der Waals surface area contributed by atoms with Crippen LogP contribution >= 0.6 is 22.9 Å². The molecule has 138 valence electrons. The average molecular weight is 397 g/mol. The molecule has 1 N–H and O–H groups in total. The van der Waals surface area contributed by atoms with Crippen LogP contribution in [0.25, 0.3) is 0 Å². The van der Waals surface area contributed by atoms with Gasteiger partial charge in [-0.3, -0.25) is 9.59 Å². The fourth-order valence-electron chi connectivity index (χ4n) is 2.73. The van der Waals surface area contributed by atoms with Crippen molar-refractivity contribution in [1.29, 1.82) is 0 Å². The van der Waals surface area contributed by atoms with Crippen molar-refractivity contribution in [3.05, 3.63) is 34.0 Å².